The summed E-state index contributed by atoms with van der Waals surface area (Å²) in [6.07, 6.45) is 3.77. The summed E-state index contributed by atoms with van der Waals surface area (Å²) in [6.45, 7) is 4.12. The summed E-state index contributed by atoms with van der Waals surface area (Å²) in [5, 5.41) is 12.5. The third-order valence-corrected chi connectivity index (χ3v) is 4.39. The number of anilines is 1. The fourth-order valence-corrected chi connectivity index (χ4v) is 2.94. The van der Waals surface area contributed by atoms with Gasteiger partial charge in [0.05, 0.1) is 0 Å². The Kier molecular flexibility index (Phi) is 4.29. The molecule has 1 aromatic heterocycles. The van der Waals surface area contributed by atoms with Crippen LogP contribution in [-0.2, 0) is 4.79 Å². The number of carbonyl (C=O) groups excluding carboxylic acids is 1. The summed E-state index contributed by atoms with van der Waals surface area (Å²) in [5.41, 5.74) is 5.89. The maximum atomic E-state index is 12.1. The van der Waals surface area contributed by atoms with Gasteiger partial charge in [0.1, 0.15) is 5.01 Å². The van der Waals surface area contributed by atoms with E-state index in [1.165, 1.54) is 11.3 Å². The predicted octanol–water partition coefficient (Wildman–Crippen LogP) is 2.12. The van der Waals surface area contributed by atoms with Crippen molar-refractivity contribution < 1.29 is 4.79 Å². The van der Waals surface area contributed by atoms with Crippen molar-refractivity contribution in [3.63, 3.8) is 0 Å². The highest BCUT2D eigenvalue weighted by molar-refractivity contribution is 7.15. The molecule has 1 amide bonds. The average molecular weight is 268 g/mol. The number of amides is 1. The van der Waals surface area contributed by atoms with Gasteiger partial charge in [-0.2, -0.15) is 0 Å². The van der Waals surface area contributed by atoms with Crippen LogP contribution in [0.1, 0.15) is 50.5 Å². The molecular weight excluding hydrogens is 248 g/mol. The molecule has 0 aromatic carbocycles. The van der Waals surface area contributed by atoms with Gasteiger partial charge in [-0.05, 0) is 19.3 Å². The van der Waals surface area contributed by atoms with Crippen molar-refractivity contribution in [3.8, 4) is 0 Å². The van der Waals surface area contributed by atoms with E-state index >= 15 is 0 Å². The predicted molar refractivity (Wildman–Crippen MR) is 72.6 cm³/mol. The minimum absolute atomic E-state index is 0.0279. The normalized spacial score (nSPS) is 24.2. The van der Waals surface area contributed by atoms with Crippen molar-refractivity contribution in [3.05, 3.63) is 5.01 Å². The number of nitrogens with one attached hydrogen (secondary N) is 1. The Balaban J connectivity index is 1.93. The highest BCUT2D eigenvalue weighted by Gasteiger charge is 2.26. The minimum atomic E-state index is 0.0279. The van der Waals surface area contributed by atoms with E-state index in [2.05, 4.69) is 29.4 Å². The Morgan fingerprint density at radius 1 is 1.44 bits per heavy atom. The Labute approximate surface area is 111 Å². The first kappa shape index (κ1) is 13.4. The molecule has 3 N–H and O–H groups in total. The summed E-state index contributed by atoms with van der Waals surface area (Å²) < 4.78 is 0. The van der Waals surface area contributed by atoms with Crippen LogP contribution in [0.4, 0.5) is 5.13 Å². The number of carbonyl (C=O) groups is 1. The second-order valence-corrected chi connectivity index (χ2v) is 6.22. The van der Waals surface area contributed by atoms with E-state index in [-0.39, 0.29) is 17.9 Å². The monoisotopic (exact) mass is 268 g/mol. The van der Waals surface area contributed by atoms with Gasteiger partial charge in [-0.15, -0.1) is 10.2 Å². The summed E-state index contributed by atoms with van der Waals surface area (Å²) >= 11 is 1.45. The van der Waals surface area contributed by atoms with E-state index in [1.807, 2.05) is 0 Å². The molecule has 1 fully saturated rings. The number of hydrogen-bond acceptors (Lipinski definition) is 5. The molecule has 0 bridgehead atoms. The molecule has 100 valence electrons. The van der Waals surface area contributed by atoms with Gasteiger partial charge in [0.25, 0.3) is 0 Å². The van der Waals surface area contributed by atoms with Crippen LogP contribution in [0.5, 0.6) is 0 Å². The van der Waals surface area contributed by atoms with Crippen molar-refractivity contribution in [1.82, 2.24) is 10.2 Å². The SMILES string of the molecule is CC(C)c1nnc(NC(=O)C2CCCC(N)C2)s1. The van der Waals surface area contributed by atoms with E-state index in [1.54, 1.807) is 0 Å². The maximum Gasteiger partial charge on any atom is 0.229 e. The smallest absolute Gasteiger partial charge is 0.229 e. The minimum Gasteiger partial charge on any atom is -0.328 e. The molecule has 0 spiro atoms. The molecule has 2 unspecified atom stereocenters. The zero-order chi connectivity index (χ0) is 13.1. The van der Waals surface area contributed by atoms with Gasteiger partial charge in [0, 0.05) is 17.9 Å². The van der Waals surface area contributed by atoms with E-state index in [0.717, 1.165) is 30.7 Å². The molecule has 0 saturated heterocycles. The molecule has 2 rings (SSSR count). The van der Waals surface area contributed by atoms with Crippen LogP contribution >= 0.6 is 11.3 Å². The van der Waals surface area contributed by atoms with E-state index in [0.29, 0.717) is 11.0 Å². The lowest BCUT2D eigenvalue weighted by atomic mass is 9.86. The van der Waals surface area contributed by atoms with Crippen LogP contribution in [0.15, 0.2) is 0 Å². The van der Waals surface area contributed by atoms with Crippen LogP contribution in [0.3, 0.4) is 0 Å². The molecule has 2 atom stereocenters. The zero-order valence-electron chi connectivity index (χ0n) is 10.8. The molecule has 6 heteroatoms. The zero-order valence-corrected chi connectivity index (χ0v) is 11.7. The largest absolute Gasteiger partial charge is 0.328 e. The summed E-state index contributed by atoms with van der Waals surface area (Å²) in [7, 11) is 0. The van der Waals surface area contributed by atoms with Crippen molar-refractivity contribution in [2.24, 2.45) is 11.7 Å². The fourth-order valence-electron chi connectivity index (χ4n) is 2.19. The van der Waals surface area contributed by atoms with E-state index < -0.39 is 0 Å². The second-order valence-electron chi connectivity index (χ2n) is 5.21. The Hall–Kier alpha value is -1.01. The molecule has 18 heavy (non-hydrogen) atoms. The Morgan fingerprint density at radius 3 is 2.83 bits per heavy atom. The molecule has 1 heterocycles. The summed E-state index contributed by atoms with van der Waals surface area (Å²) in [5.74, 6) is 0.410. The highest BCUT2D eigenvalue weighted by Crippen LogP contribution is 2.26. The molecule has 1 aromatic rings. The lowest BCUT2D eigenvalue weighted by molar-refractivity contribution is -0.120. The molecule has 1 aliphatic carbocycles. The first-order valence-corrected chi connectivity index (χ1v) is 7.27. The summed E-state index contributed by atoms with van der Waals surface area (Å²) in [4.78, 5) is 12.1. The first-order chi connectivity index (χ1) is 8.56. The third-order valence-electron chi connectivity index (χ3n) is 3.25. The fraction of sp³-hybridized carbons (Fsp3) is 0.750. The van der Waals surface area contributed by atoms with Gasteiger partial charge in [0.2, 0.25) is 11.0 Å². The maximum absolute atomic E-state index is 12.1. The van der Waals surface area contributed by atoms with Gasteiger partial charge in [-0.25, -0.2) is 0 Å². The van der Waals surface area contributed by atoms with Crippen molar-refractivity contribution >= 4 is 22.4 Å². The number of nitrogens with zero attached hydrogens (tertiary/aromatic N) is 2. The molecule has 0 radical (unpaired) electrons. The van der Waals surface area contributed by atoms with Crippen LogP contribution in [0.2, 0.25) is 0 Å². The van der Waals surface area contributed by atoms with E-state index in [4.69, 9.17) is 5.73 Å². The van der Waals surface area contributed by atoms with Crippen LogP contribution in [0.25, 0.3) is 0 Å². The van der Waals surface area contributed by atoms with Crippen molar-refractivity contribution in [1.29, 1.82) is 0 Å². The van der Waals surface area contributed by atoms with Crippen LogP contribution in [-0.4, -0.2) is 22.1 Å². The number of rotatable bonds is 3. The van der Waals surface area contributed by atoms with Gasteiger partial charge in [0.15, 0.2) is 0 Å². The molecular formula is C12H20N4OS. The Morgan fingerprint density at radius 2 is 2.22 bits per heavy atom. The molecule has 5 nitrogen and oxygen atoms in total. The third kappa shape index (κ3) is 3.26. The second kappa shape index (κ2) is 5.75. The molecule has 0 aliphatic heterocycles. The van der Waals surface area contributed by atoms with Gasteiger partial charge >= 0.3 is 0 Å². The Bertz CT molecular complexity index is 418. The summed E-state index contributed by atoms with van der Waals surface area (Å²) in [6, 6.07) is 0.162. The number of aromatic nitrogens is 2. The lowest BCUT2D eigenvalue weighted by Crippen LogP contribution is -2.34. The molecule has 1 aliphatic rings. The topological polar surface area (TPSA) is 80.9 Å². The van der Waals surface area contributed by atoms with Crippen molar-refractivity contribution in [2.45, 2.75) is 51.5 Å². The lowest BCUT2D eigenvalue weighted by Gasteiger charge is -2.25. The average Bonchev–Trinajstić information content (AvgIpc) is 2.77. The van der Waals surface area contributed by atoms with Gasteiger partial charge in [-0.1, -0.05) is 31.6 Å². The van der Waals surface area contributed by atoms with E-state index in [9.17, 15) is 4.79 Å². The number of nitrogens with two attached hydrogens (primary N) is 1. The molecule has 1 saturated carbocycles. The highest BCUT2D eigenvalue weighted by atomic mass is 32.1. The van der Waals surface area contributed by atoms with Crippen LogP contribution in [0, 0.1) is 5.92 Å². The van der Waals surface area contributed by atoms with Crippen LogP contribution < -0.4 is 11.1 Å². The van der Waals surface area contributed by atoms with Crippen molar-refractivity contribution in [2.75, 3.05) is 5.32 Å². The standard InChI is InChI=1S/C12H20N4OS/c1-7(2)11-15-16-12(18-11)14-10(17)8-4-3-5-9(13)6-8/h7-9H,3-6,13H2,1-2H3,(H,14,16,17). The first-order valence-electron chi connectivity index (χ1n) is 6.46. The quantitative estimate of drug-likeness (QED) is 0.879. The van der Waals surface area contributed by atoms with Gasteiger partial charge in [-0.3, -0.25) is 4.79 Å². The number of hydrogen-bond donors (Lipinski definition) is 2. The van der Waals surface area contributed by atoms with Gasteiger partial charge < -0.3 is 11.1 Å².